The first-order chi connectivity index (χ1) is 12.6. The molecule has 0 amide bonds. The standard InChI is InChI=1S/C20H31ClN4O/c1-14-7-5-6-12-25(14)20(23-17-9-4-3-8-16(17)22)24-18-13-15(21)10-11-19(18)26-2/h10-11,13-14,16-17H,3-9,12,22H2,1-2H3,(H,23,24)/t14?,16-,17-/m0/s1. The minimum Gasteiger partial charge on any atom is -0.495 e. The first kappa shape index (κ1) is 19.3. The Hall–Kier alpha value is -1.46. The normalized spacial score (nSPS) is 27.3. The molecule has 1 heterocycles. The molecule has 6 heteroatoms. The van der Waals surface area contributed by atoms with Crippen molar-refractivity contribution >= 4 is 23.2 Å². The van der Waals surface area contributed by atoms with E-state index in [9.17, 15) is 0 Å². The van der Waals surface area contributed by atoms with Crippen LogP contribution in [0.25, 0.3) is 0 Å². The number of likely N-dealkylation sites (tertiary alicyclic amines) is 1. The number of benzene rings is 1. The highest BCUT2D eigenvalue weighted by Gasteiger charge is 2.27. The van der Waals surface area contributed by atoms with E-state index in [1.165, 1.54) is 32.1 Å². The number of ether oxygens (including phenoxy) is 1. The van der Waals surface area contributed by atoms with Crippen LogP contribution in [0.2, 0.25) is 5.02 Å². The van der Waals surface area contributed by atoms with Gasteiger partial charge in [-0.2, -0.15) is 0 Å². The number of anilines is 1. The first-order valence-electron chi connectivity index (χ1n) is 9.79. The summed E-state index contributed by atoms with van der Waals surface area (Å²) in [5.74, 6) is 1.67. The van der Waals surface area contributed by atoms with Gasteiger partial charge in [0.15, 0.2) is 5.96 Å². The smallest absolute Gasteiger partial charge is 0.199 e. The van der Waals surface area contributed by atoms with E-state index in [2.05, 4.69) is 17.1 Å². The van der Waals surface area contributed by atoms with Crippen molar-refractivity contribution in [2.75, 3.05) is 19.0 Å². The first-order valence-corrected chi connectivity index (χ1v) is 10.2. The summed E-state index contributed by atoms with van der Waals surface area (Å²) in [4.78, 5) is 7.48. The number of hydrogen-bond acceptors (Lipinski definition) is 3. The maximum absolute atomic E-state index is 6.37. The van der Waals surface area contributed by atoms with Crippen molar-refractivity contribution in [1.82, 2.24) is 4.90 Å². The molecule has 2 aliphatic rings. The molecule has 26 heavy (non-hydrogen) atoms. The Morgan fingerprint density at radius 1 is 1.23 bits per heavy atom. The molecule has 0 aromatic heterocycles. The zero-order valence-corrected chi connectivity index (χ0v) is 16.6. The summed E-state index contributed by atoms with van der Waals surface area (Å²) in [6, 6.07) is 6.38. The minimum absolute atomic E-state index is 0.141. The molecule has 144 valence electrons. The van der Waals surface area contributed by atoms with Crippen molar-refractivity contribution in [1.29, 1.82) is 0 Å². The summed E-state index contributed by atoms with van der Waals surface area (Å²) < 4.78 is 5.51. The van der Waals surface area contributed by atoms with Crippen molar-refractivity contribution in [3.05, 3.63) is 23.2 Å². The molecule has 0 spiro atoms. The van der Waals surface area contributed by atoms with Gasteiger partial charge in [-0.05, 0) is 57.2 Å². The average molecular weight is 379 g/mol. The van der Waals surface area contributed by atoms with Crippen molar-refractivity contribution < 1.29 is 4.74 Å². The van der Waals surface area contributed by atoms with Gasteiger partial charge < -0.3 is 20.7 Å². The number of nitrogens with one attached hydrogen (secondary N) is 1. The van der Waals surface area contributed by atoms with Gasteiger partial charge in [0.05, 0.1) is 18.8 Å². The van der Waals surface area contributed by atoms with E-state index in [-0.39, 0.29) is 12.1 Å². The lowest BCUT2D eigenvalue weighted by molar-refractivity contribution is 0.254. The Balaban J connectivity index is 1.91. The highest BCUT2D eigenvalue weighted by atomic mass is 35.5. The summed E-state index contributed by atoms with van der Waals surface area (Å²) in [6.45, 7) is 3.28. The van der Waals surface area contributed by atoms with Crippen LogP contribution in [0.15, 0.2) is 23.2 Å². The fourth-order valence-corrected chi connectivity index (χ4v) is 4.12. The Labute approximate surface area is 161 Å². The van der Waals surface area contributed by atoms with Gasteiger partial charge >= 0.3 is 0 Å². The Morgan fingerprint density at radius 3 is 2.73 bits per heavy atom. The molecule has 1 unspecified atom stereocenters. The Morgan fingerprint density at radius 2 is 2.00 bits per heavy atom. The third-order valence-corrected chi connectivity index (χ3v) is 5.79. The maximum Gasteiger partial charge on any atom is 0.199 e. The lowest BCUT2D eigenvalue weighted by atomic mass is 9.91. The average Bonchev–Trinajstić information content (AvgIpc) is 2.63. The van der Waals surface area contributed by atoms with Crippen LogP contribution in [0.4, 0.5) is 5.69 Å². The highest BCUT2D eigenvalue weighted by molar-refractivity contribution is 6.31. The van der Waals surface area contributed by atoms with Gasteiger partial charge in [-0.3, -0.25) is 0 Å². The molecule has 3 atom stereocenters. The molecule has 1 saturated heterocycles. The molecule has 2 fully saturated rings. The summed E-state index contributed by atoms with van der Waals surface area (Å²) >= 11 is 6.22. The van der Waals surface area contributed by atoms with E-state index in [0.29, 0.717) is 11.1 Å². The topological polar surface area (TPSA) is 62.9 Å². The maximum atomic E-state index is 6.37. The van der Waals surface area contributed by atoms with Crippen LogP contribution in [0.1, 0.15) is 51.9 Å². The largest absolute Gasteiger partial charge is 0.495 e. The molecule has 0 bridgehead atoms. The quantitative estimate of drug-likeness (QED) is 0.609. The lowest BCUT2D eigenvalue weighted by Gasteiger charge is -2.37. The molecule has 1 aromatic rings. The van der Waals surface area contributed by atoms with Gasteiger partial charge in [0.25, 0.3) is 0 Å². The van der Waals surface area contributed by atoms with Crippen LogP contribution in [-0.2, 0) is 0 Å². The van der Waals surface area contributed by atoms with E-state index in [4.69, 9.17) is 27.1 Å². The van der Waals surface area contributed by atoms with E-state index in [0.717, 1.165) is 36.8 Å². The molecule has 1 aliphatic heterocycles. The van der Waals surface area contributed by atoms with Gasteiger partial charge in [-0.25, -0.2) is 4.99 Å². The molecule has 3 N–H and O–H groups in total. The summed E-state index contributed by atoms with van der Waals surface area (Å²) in [6.07, 6.45) is 8.16. The fourth-order valence-electron chi connectivity index (χ4n) is 3.95. The molecular formula is C20H31ClN4O. The Bertz CT molecular complexity index is 636. The lowest BCUT2D eigenvalue weighted by Crippen LogP contribution is -2.47. The van der Waals surface area contributed by atoms with Crippen LogP contribution in [-0.4, -0.2) is 42.6 Å². The van der Waals surface area contributed by atoms with Crippen molar-refractivity contribution in [2.45, 2.75) is 70.0 Å². The zero-order valence-electron chi connectivity index (χ0n) is 15.9. The van der Waals surface area contributed by atoms with Gasteiger partial charge in [-0.1, -0.05) is 24.4 Å². The Kier molecular flexibility index (Phi) is 6.65. The third kappa shape index (κ3) is 4.63. The van der Waals surface area contributed by atoms with E-state index < -0.39 is 0 Å². The second-order valence-corrected chi connectivity index (χ2v) is 7.91. The summed E-state index contributed by atoms with van der Waals surface area (Å²) in [5.41, 5.74) is 7.21. The number of rotatable bonds is 3. The third-order valence-electron chi connectivity index (χ3n) is 5.55. The predicted octanol–water partition coefficient (Wildman–Crippen LogP) is 4.26. The van der Waals surface area contributed by atoms with Gasteiger partial charge in [0.1, 0.15) is 5.75 Å². The number of aliphatic imine (C=N–C) groups is 1. The summed E-state index contributed by atoms with van der Waals surface area (Å²) in [7, 11) is 1.67. The number of nitrogens with zero attached hydrogens (tertiary/aromatic N) is 2. The van der Waals surface area contributed by atoms with E-state index in [1.54, 1.807) is 7.11 Å². The molecule has 1 aliphatic carbocycles. The molecule has 1 aromatic carbocycles. The minimum atomic E-state index is 0.141. The number of nitrogens with two attached hydrogens (primary N) is 1. The van der Waals surface area contributed by atoms with Gasteiger partial charge in [0.2, 0.25) is 0 Å². The molecule has 0 radical (unpaired) electrons. The number of piperidine rings is 1. The molecule has 5 nitrogen and oxygen atoms in total. The summed E-state index contributed by atoms with van der Waals surface area (Å²) in [5, 5.41) is 4.19. The van der Waals surface area contributed by atoms with E-state index in [1.807, 2.05) is 18.2 Å². The van der Waals surface area contributed by atoms with Crippen molar-refractivity contribution in [2.24, 2.45) is 10.7 Å². The van der Waals surface area contributed by atoms with Crippen LogP contribution in [0, 0.1) is 0 Å². The number of halogens is 1. The monoisotopic (exact) mass is 378 g/mol. The van der Waals surface area contributed by atoms with Crippen LogP contribution in [0.3, 0.4) is 0 Å². The van der Waals surface area contributed by atoms with Crippen LogP contribution < -0.4 is 15.8 Å². The second kappa shape index (κ2) is 8.96. The molecule has 3 rings (SSSR count). The predicted molar refractivity (Wildman–Crippen MR) is 109 cm³/mol. The van der Waals surface area contributed by atoms with Gasteiger partial charge in [0, 0.05) is 23.7 Å². The van der Waals surface area contributed by atoms with Crippen molar-refractivity contribution in [3.8, 4) is 5.75 Å². The SMILES string of the molecule is COc1ccc(Cl)cc1NC(=N[C@H]1CCCC[C@@H]1N)N1CCCCC1C. The van der Waals surface area contributed by atoms with Crippen LogP contribution >= 0.6 is 11.6 Å². The number of methoxy groups -OCH3 is 1. The van der Waals surface area contributed by atoms with Crippen molar-refractivity contribution in [3.63, 3.8) is 0 Å². The van der Waals surface area contributed by atoms with E-state index >= 15 is 0 Å². The zero-order chi connectivity index (χ0) is 18.5. The fraction of sp³-hybridized carbons (Fsp3) is 0.650. The molecular weight excluding hydrogens is 348 g/mol. The van der Waals surface area contributed by atoms with Gasteiger partial charge in [-0.15, -0.1) is 0 Å². The number of guanidine groups is 1. The van der Waals surface area contributed by atoms with Crippen LogP contribution in [0.5, 0.6) is 5.75 Å². The highest BCUT2D eigenvalue weighted by Crippen LogP contribution is 2.29. The second-order valence-electron chi connectivity index (χ2n) is 7.48. The molecule has 1 saturated carbocycles. The number of hydrogen-bond donors (Lipinski definition) is 2.